The van der Waals surface area contributed by atoms with Crippen LogP contribution in [0.3, 0.4) is 0 Å². The SMILES string of the molecule is CCNC(=NCc1ncc(CC)s1)NCC(c1ccco1)N1CCCCC1. The molecule has 0 amide bonds. The summed E-state index contributed by atoms with van der Waals surface area (Å²) in [5.41, 5.74) is 0. The van der Waals surface area contributed by atoms with Crippen LogP contribution in [0.4, 0.5) is 0 Å². The van der Waals surface area contributed by atoms with Gasteiger partial charge < -0.3 is 15.1 Å². The minimum atomic E-state index is 0.232. The van der Waals surface area contributed by atoms with Crippen LogP contribution in [0.2, 0.25) is 0 Å². The third-order valence-electron chi connectivity index (χ3n) is 4.83. The van der Waals surface area contributed by atoms with E-state index in [1.165, 1.54) is 24.1 Å². The van der Waals surface area contributed by atoms with E-state index in [2.05, 4.69) is 40.4 Å². The van der Waals surface area contributed by atoms with Crippen LogP contribution in [-0.4, -0.2) is 42.0 Å². The van der Waals surface area contributed by atoms with Gasteiger partial charge in [0.1, 0.15) is 10.8 Å². The highest BCUT2D eigenvalue weighted by atomic mass is 32.1. The summed E-state index contributed by atoms with van der Waals surface area (Å²) in [7, 11) is 0. The second-order valence-corrected chi connectivity index (χ2v) is 7.98. The monoisotopic (exact) mass is 389 g/mol. The lowest BCUT2D eigenvalue weighted by atomic mass is 10.1. The number of aliphatic imine (C=N–C) groups is 1. The van der Waals surface area contributed by atoms with Gasteiger partial charge in [-0.15, -0.1) is 11.3 Å². The van der Waals surface area contributed by atoms with Crippen LogP contribution in [0.5, 0.6) is 0 Å². The Morgan fingerprint density at radius 2 is 2.15 bits per heavy atom. The summed E-state index contributed by atoms with van der Waals surface area (Å²) in [5.74, 6) is 1.85. The average molecular weight is 390 g/mol. The van der Waals surface area contributed by atoms with Crippen LogP contribution in [0, 0.1) is 0 Å². The number of likely N-dealkylation sites (tertiary alicyclic amines) is 1. The van der Waals surface area contributed by atoms with Crippen molar-refractivity contribution in [3.05, 3.63) is 40.2 Å². The molecule has 2 aromatic heterocycles. The molecule has 1 saturated heterocycles. The van der Waals surface area contributed by atoms with Crippen molar-refractivity contribution >= 4 is 17.3 Å². The molecule has 148 valence electrons. The first-order valence-corrected chi connectivity index (χ1v) is 10.8. The number of furan rings is 1. The first-order valence-electron chi connectivity index (χ1n) is 10.0. The highest BCUT2D eigenvalue weighted by Crippen LogP contribution is 2.24. The third-order valence-corrected chi connectivity index (χ3v) is 5.96. The van der Waals surface area contributed by atoms with Gasteiger partial charge in [0.2, 0.25) is 0 Å². The number of hydrogen-bond donors (Lipinski definition) is 2. The van der Waals surface area contributed by atoms with Gasteiger partial charge in [0.25, 0.3) is 0 Å². The number of aromatic nitrogens is 1. The number of rotatable bonds is 8. The molecular weight excluding hydrogens is 358 g/mol. The molecule has 6 nitrogen and oxygen atoms in total. The van der Waals surface area contributed by atoms with E-state index in [-0.39, 0.29) is 6.04 Å². The van der Waals surface area contributed by atoms with E-state index in [0.29, 0.717) is 6.54 Å². The van der Waals surface area contributed by atoms with Gasteiger partial charge in [0.05, 0.1) is 18.8 Å². The molecule has 3 heterocycles. The molecule has 0 bridgehead atoms. The Hall–Kier alpha value is -1.86. The first-order chi connectivity index (χ1) is 13.3. The molecule has 1 aliphatic heterocycles. The van der Waals surface area contributed by atoms with Gasteiger partial charge in [-0.1, -0.05) is 13.3 Å². The molecule has 1 fully saturated rings. The lowest BCUT2D eigenvalue weighted by Crippen LogP contribution is -2.44. The minimum absolute atomic E-state index is 0.232. The van der Waals surface area contributed by atoms with Crippen molar-refractivity contribution in [1.82, 2.24) is 20.5 Å². The maximum atomic E-state index is 5.74. The highest BCUT2D eigenvalue weighted by Gasteiger charge is 2.24. The van der Waals surface area contributed by atoms with Gasteiger partial charge in [0.15, 0.2) is 5.96 Å². The van der Waals surface area contributed by atoms with E-state index < -0.39 is 0 Å². The molecule has 0 aromatic carbocycles. The maximum absolute atomic E-state index is 5.74. The van der Waals surface area contributed by atoms with Gasteiger partial charge in [-0.05, 0) is 51.4 Å². The Morgan fingerprint density at radius 1 is 1.30 bits per heavy atom. The van der Waals surface area contributed by atoms with Gasteiger partial charge in [-0.2, -0.15) is 0 Å². The van der Waals surface area contributed by atoms with Crippen LogP contribution in [0.1, 0.15) is 54.8 Å². The summed E-state index contributed by atoms with van der Waals surface area (Å²) in [6.45, 7) is 8.71. The molecule has 7 heteroatoms. The Balaban J connectivity index is 1.63. The Labute approximate surface area is 166 Å². The fourth-order valence-corrected chi connectivity index (χ4v) is 4.17. The zero-order valence-corrected chi connectivity index (χ0v) is 17.2. The maximum Gasteiger partial charge on any atom is 0.191 e. The topological polar surface area (TPSA) is 65.7 Å². The summed E-state index contributed by atoms with van der Waals surface area (Å²) < 4.78 is 5.74. The molecule has 1 unspecified atom stereocenters. The molecule has 27 heavy (non-hydrogen) atoms. The van der Waals surface area contributed by atoms with Crippen LogP contribution in [0.15, 0.2) is 34.0 Å². The second-order valence-electron chi connectivity index (χ2n) is 6.78. The van der Waals surface area contributed by atoms with E-state index in [1.54, 1.807) is 17.6 Å². The molecule has 1 aliphatic rings. The molecule has 2 aromatic rings. The van der Waals surface area contributed by atoms with Gasteiger partial charge in [0, 0.05) is 24.2 Å². The van der Waals surface area contributed by atoms with E-state index >= 15 is 0 Å². The number of hydrogen-bond acceptors (Lipinski definition) is 5. The second kappa shape index (κ2) is 10.5. The van der Waals surface area contributed by atoms with Crippen LogP contribution < -0.4 is 10.6 Å². The van der Waals surface area contributed by atoms with Gasteiger partial charge in [-0.3, -0.25) is 4.90 Å². The van der Waals surface area contributed by atoms with Crippen molar-refractivity contribution in [2.24, 2.45) is 4.99 Å². The summed E-state index contributed by atoms with van der Waals surface area (Å²) in [4.78, 5) is 13.0. The van der Waals surface area contributed by atoms with Gasteiger partial charge in [-0.25, -0.2) is 9.98 Å². The Bertz CT molecular complexity index is 691. The van der Waals surface area contributed by atoms with E-state index in [9.17, 15) is 0 Å². The number of aryl methyl sites for hydroxylation is 1. The summed E-state index contributed by atoms with van der Waals surface area (Å²) in [5, 5.41) is 7.91. The quantitative estimate of drug-likeness (QED) is 0.534. The fourth-order valence-electron chi connectivity index (χ4n) is 3.39. The lowest BCUT2D eigenvalue weighted by Gasteiger charge is -2.33. The van der Waals surface area contributed by atoms with E-state index in [4.69, 9.17) is 9.41 Å². The molecule has 3 rings (SSSR count). The molecule has 0 radical (unpaired) electrons. The smallest absolute Gasteiger partial charge is 0.191 e. The fraction of sp³-hybridized carbons (Fsp3) is 0.600. The van der Waals surface area contributed by atoms with Crippen molar-refractivity contribution < 1.29 is 4.42 Å². The standard InChI is InChI=1S/C20H31N5OS/c1-3-16-13-22-19(27-16)15-24-20(21-4-2)23-14-17(18-9-8-12-26-18)25-10-6-5-7-11-25/h8-9,12-13,17H,3-7,10-11,14-15H2,1-2H3,(H2,21,23,24). The third kappa shape index (κ3) is 5.81. The zero-order chi connectivity index (χ0) is 18.9. The number of guanidine groups is 1. The molecule has 1 atom stereocenters. The predicted octanol–water partition coefficient (Wildman–Crippen LogP) is 3.58. The van der Waals surface area contributed by atoms with E-state index in [0.717, 1.165) is 49.3 Å². The molecule has 0 saturated carbocycles. The predicted molar refractivity (Wildman–Crippen MR) is 111 cm³/mol. The average Bonchev–Trinajstić information content (AvgIpc) is 3.39. The largest absolute Gasteiger partial charge is 0.468 e. The Morgan fingerprint density at radius 3 is 2.81 bits per heavy atom. The minimum Gasteiger partial charge on any atom is -0.468 e. The van der Waals surface area contributed by atoms with Crippen molar-refractivity contribution in [1.29, 1.82) is 0 Å². The normalized spacial score (nSPS) is 17.0. The molecule has 0 aliphatic carbocycles. The van der Waals surface area contributed by atoms with Crippen molar-refractivity contribution in [2.45, 2.75) is 52.1 Å². The number of thiazole rings is 1. The summed E-state index contributed by atoms with van der Waals surface area (Å²) >= 11 is 1.74. The number of nitrogens with one attached hydrogen (secondary N) is 2. The highest BCUT2D eigenvalue weighted by molar-refractivity contribution is 7.11. The summed E-state index contributed by atoms with van der Waals surface area (Å²) in [6, 6.07) is 4.28. The zero-order valence-electron chi connectivity index (χ0n) is 16.4. The molecule has 2 N–H and O–H groups in total. The van der Waals surface area contributed by atoms with Gasteiger partial charge >= 0.3 is 0 Å². The van der Waals surface area contributed by atoms with Crippen LogP contribution >= 0.6 is 11.3 Å². The Kier molecular flexibility index (Phi) is 7.71. The van der Waals surface area contributed by atoms with Crippen LogP contribution in [0.25, 0.3) is 0 Å². The number of piperidine rings is 1. The number of nitrogens with zero attached hydrogens (tertiary/aromatic N) is 3. The summed E-state index contributed by atoms with van der Waals surface area (Å²) in [6.07, 6.45) is 8.59. The lowest BCUT2D eigenvalue weighted by molar-refractivity contribution is 0.146. The first kappa shape index (κ1) is 19.9. The van der Waals surface area contributed by atoms with Crippen molar-refractivity contribution in [3.63, 3.8) is 0 Å². The van der Waals surface area contributed by atoms with Crippen LogP contribution in [-0.2, 0) is 13.0 Å². The molecular formula is C20H31N5OS. The van der Waals surface area contributed by atoms with Crippen molar-refractivity contribution in [2.75, 3.05) is 26.2 Å². The van der Waals surface area contributed by atoms with E-state index in [1.807, 2.05) is 12.3 Å². The van der Waals surface area contributed by atoms with Crippen molar-refractivity contribution in [3.8, 4) is 0 Å². The molecule has 0 spiro atoms.